The predicted molar refractivity (Wildman–Crippen MR) is 109 cm³/mol. The molecule has 27 heavy (non-hydrogen) atoms. The molecule has 0 unspecified atom stereocenters. The van der Waals surface area contributed by atoms with Crippen LogP contribution in [0.2, 0.25) is 0 Å². The summed E-state index contributed by atoms with van der Waals surface area (Å²) in [6, 6.07) is 9.16. The Morgan fingerprint density at radius 3 is 2.19 bits per heavy atom. The van der Waals surface area contributed by atoms with E-state index in [1.165, 1.54) is 35.4 Å². The Balaban J connectivity index is 1.39. The van der Waals surface area contributed by atoms with E-state index in [4.69, 9.17) is 9.97 Å². The summed E-state index contributed by atoms with van der Waals surface area (Å²) in [4.78, 5) is 10.3. The summed E-state index contributed by atoms with van der Waals surface area (Å²) in [5.74, 6) is 3.55. The van der Waals surface area contributed by atoms with Crippen LogP contribution in [0.15, 0.2) is 24.3 Å². The van der Waals surface area contributed by atoms with Crippen molar-refractivity contribution >= 4 is 0 Å². The highest BCUT2D eigenvalue weighted by molar-refractivity contribution is 5.58. The first-order valence-electron chi connectivity index (χ1n) is 10.8. The summed E-state index contributed by atoms with van der Waals surface area (Å²) < 4.78 is 0. The zero-order chi connectivity index (χ0) is 18.7. The van der Waals surface area contributed by atoms with Crippen LogP contribution >= 0.6 is 0 Å². The highest BCUT2D eigenvalue weighted by Gasteiger charge is 2.56. The predicted octanol–water partition coefficient (Wildman–Crippen LogP) is 6.08. The molecule has 6 aliphatic rings. The van der Waals surface area contributed by atoms with Crippen LogP contribution in [0.25, 0.3) is 11.4 Å². The number of hydrogen-bond acceptors (Lipinski definition) is 2. The molecule has 8 rings (SSSR count). The maximum absolute atomic E-state index is 5.16. The van der Waals surface area contributed by atoms with Gasteiger partial charge in [0.2, 0.25) is 0 Å². The second kappa shape index (κ2) is 4.82. The van der Waals surface area contributed by atoms with E-state index >= 15 is 0 Å². The molecule has 0 radical (unpaired) electrons. The molecular formula is C25H30N2. The summed E-state index contributed by atoms with van der Waals surface area (Å²) in [6.45, 7) is 12.1. The standard InChI is InChI=1S/C25H30N2/c1-13-17-12-19(25(17,4)5)16-7-9-21(27-23(13)16)20-8-6-15-18-10-14(24(18,2)3)11-22(15)26-20/h6-9,13-14,17-19H,10-12H2,1-5H3/t13-,14-,17-,18+,19+/m1/s1. The van der Waals surface area contributed by atoms with Crippen LogP contribution in [-0.4, -0.2) is 9.97 Å². The Kier molecular flexibility index (Phi) is 2.91. The van der Waals surface area contributed by atoms with Crippen molar-refractivity contribution in [2.75, 3.05) is 0 Å². The van der Waals surface area contributed by atoms with E-state index in [0.29, 0.717) is 28.6 Å². The minimum Gasteiger partial charge on any atom is -0.251 e. The average Bonchev–Trinajstić information content (AvgIpc) is 2.66. The van der Waals surface area contributed by atoms with Gasteiger partial charge in [-0.1, -0.05) is 46.8 Å². The van der Waals surface area contributed by atoms with Gasteiger partial charge in [-0.2, -0.15) is 0 Å². The van der Waals surface area contributed by atoms with E-state index in [9.17, 15) is 0 Å². The van der Waals surface area contributed by atoms with E-state index in [-0.39, 0.29) is 0 Å². The van der Waals surface area contributed by atoms with Crippen molar-refractivity contribution in [3.05, 3.63) is 46.8 Å². The van der Waals surface area contributed by atoms with E-state index in [1.54, 1.807) is 0 Å². The lowest BCUT2D eigenvalue weighted by atomic mass is 9.45. The largest absolute Gasteiger partial charge is 0.251 e. The molecule has 2 fully saturated rings. The van der Waals surface area contributed by atoms with Crippen LogP contribution in [0.1, 0.15) is 87.7 Å². The van der Waals surface area contributed by atoms with Gasteiger partial charge in [-0.25, -0.2) is 0 Å². The van der Waals surface area contributed by atoms with Gasteiger partial charge in [-0.3, -0.25) is 9.97 Å². The van der Waals surface area contributed by atoms with E-state index < -0.39 is 0 Å². The normalized spacial score (nSPS) is 36.1. The first kappa shape index (κ1) is 16.3. The third kappa shape index (κ3) is 1.87. The van der Waals surface area contributed by atoms with Gasteiger partial charge in [0.05, 0.1) is 11.4 Å². The van der Waals surface area contributed by atoms with Gasteiger partial charge in [0.1, 0.15) is 0 Å². The SMILES string of the molecule is C[C@H]1c2nc(-c3ccc4c(n3)C[C@H]3C[C@@H]4C3(C)C)ccc2[C@@H]2C[C@H]1C2(C)C. The third-order valence-electron chi connectivity index (χ3n) is 9.27. The van der Waals surface area contributed by atoms with Crippen molar-refractivity contribution in [1.29, 1.82) is 0 Å². The van der Waals surface area contributed by atoms with Gasteiger partial charge in [0, 0.05) is 17.3 Å². The zero-order valence-corrected chi connectivity index (χ0v) is 17.2. The Morgan fingerprint density at radius 2 is 1.48 bits per heavy atom. The second-order valence-electron chi connectivity index (χ2n) is 10.9. The molecule has 0 aromatic carbocycles. The Hall–Kier alpha value is -1.70. The fraction of sp³-hybridized carbons (Fsp3) is 0.600. The van der Waals surface area contributed by atoms with Gasteiger partial charge in [-0.05, 0) is 77.0 Å². The van der Waals surface area contributed by atoms with Crippen molar-refractivity contribution in [1.82, 2.24) is 9.97 Å². The van der Waals surface area contributed by atoms with Crippen molar-refractivity contribution in [3.8, 4) is 11.4 Å². The summed E-state index contributed by atoms with van der Waals surface area (Å²) in [5, 5.41) is 0. The van der Waals surface area contributed by atoms with Crippen LogP contribution in [0.4, 0.5) is 0 Å². The van der Waals surface area contributed by atoms with Crippen LogP contribution < -0.4 is 0 Å². The van der Waals surface area contributed by atoms with E-state index in [1.807, 2.05) is 0 Å². The molecule has 2 nitrogen and oxygen atoms in total. The molecule has 0 saturated heterocycles. The fourth-order valence-corrected chi connectivity index (χ4v) is 7.07. The molecule has 140 valence electrons. The van der Waals surface area contributed by atoms with Crippen LogP contribution in [0.3, 0.4) is 0 Å². The fourth-order valence-electron chi connectivity index (χ4n) is 7.07. The molecule has 2 saturated carbocycles. The van der Waals surface area contributed by atoms with Gasteiger partial charge < -0.3 is 0 Å². The molecule has 0 aliphatic heterocycles. The summed E-state index contributed by atoms with van der Waals surface area (Å²) in [5.41, 5.74) is 8.72. The Bertz CT molecular complexity index is 970. The second-order valence-corrected chi connectivity index (χ2v) is 10.9. The molecule has 5 atom stereocenters. The molecule has 2 aromatic rings. The molecule has 0 spiro atoms. The lowest BCUT2D eigenvalue weighted by Crippen LogP contribution is -2.50. The third-order valence-corrected chi connectivity index (χ3v) is 9.27. The number of aromatic nitrogens is 2. The summed E-state index contributed by atoms with van der Waals surface area (Å²) in [7, 11) is 0. The van der Waals surface area contributed by atoms with Crippen molar-refractivity contribution in [2.45, 2.75) is 71.6 Å². The van der Waals surface area contributed by atoms with Crippen LogP contribution in [0.5, 0.6) is 0 Å². The van der Waals surface area contributed by atoms with Gasteiger partial charge in [-0.15, -0.1) is 0 Å². The van der Waals surface area contributed by atoms with E-state index in [2.05, 4.69) is 58.9 Å². The minimum atomic E-state index is 0.438. The molecule has 2 heteroatoms. The van der Waals surface area contributed by atoms with Crippen LogP contribution in [0, 0.1) is 22.7 Å². The molecule has 2 heterocycles. The maximum atomic E-state index is 5.16. The number of nitrogens with zero attached hydrogens (tertiary/aromatic N) is 2. The first-order chi connectivity index (χ1) is 12.8. The quantitative estimate of drug-likeness (QED) is 0.618. The average molecular weight is 359 g/mol. The molecule has 0 N–H and O–H groups in total. The summed E-state index contributed by atoms with van der Waals surface area (Å²) in [6.07, 6.45) is 3.85. The summed E-state index contributed by atoms with van der Waals surface area (Å²) >= 11 is 0. The van der Waals surface area contributed by atoms with E-state index in [0.717, 1.165) is 29.6 Å². The Labute approximate surface area is 162 Å². The van der Waals surface area contributed by atoms with Gasteiger partial charge in [0.25, 0.3) is 0 Å². The highest BCUT2D eigenvalue weighted by atomic mass is 14.8. The molecule has 6 aliphatic carbocycles. The van der Waals surface area contributed by atoms with Crippen LogP contribution in [-0.2, 0) is 6.42 Å². The van der Waals surface area contributed by atoms with Crippen molar-refractivity contribution in [3.63, 3.8) is 0 Å². The zero-order valence-electron chi connectivity index (χ0n) is 17.2. The molecule has 0 amide bonds. The lowest BCUT2D eigenvalue weighted by molar-refractivity contribution is -0.00271. The first-order valence-corrected chi connectivity index (χ1v) is 10.8. The number of hydrogen-bond donors (Lipinski definition) is 0. The minimum absolute atomic E-state index is 0.438. The van der Waals surface area contributed by atoms with Gasteiger partial charge in [0.15, 0.2) is 0 Å². The number of rotatable bonds is 1. The smallest absolute Gasteiger partial charge is 0.0889 e. The topological polar surface area (TPSA) is 25.8 Å². The van der Waals surface area contributed by atoms with Gasteiger partial charge >= 0.3 is 0 Å². The van der Waals surface area contributed by atoms with Crippen molar-refractivity contribution in [2.24, 2.45) is 22.7 Å². The molecule has 4 bridgehead atoms. The highest BCUT2D eigenvalue weighted by Crippen LogP contribution is 2.66. The monoisotopic (exact) mass is 358 g/mol. The molecule has 2 aromatic heterocycles. The number of pyridine rings is 2. The molecular weight excluding hydrogens is 328 g/mol. The lowest BCUT2D eigenvalue weighted by Gasteiger charge is -2.59. The Morgan fingerprint density at radius 1 is 0.815 bits per heavy atom. The van der Waals surface area contributed by atoms with Crippen molar-refractivity contribution < 1.29 is 0 Å². The maximum Gasteiger partial charge on any atom is 0.0889 e.